The molecule has 32 heavy (non-hydrogen) atoms. The molecule has 0 atom stereocenters. The van der Waals surface area contributed by atoms with E-state index in [-0.39, 0.29) is 23.5 Å². The fourth-order valence-electron chi connectivity index (χ4n) is 3.64. The molecular formula is C20H18F3N5O4. The van der Waals surface area contributed by atoms with E-state index in [4.69, 9.17) is 0 Å². The largest absolute Gasteiger partial charge is 0.494 e. The number of halogens is 3. The minimum Gasteiger partial charge on any atom is -0.494 e. The highest BCUT2D eigenvalue weighted by molar-refractivity contribution is 5.75. The Labute approximate surface area is 177 Å². The topological polar surface area (TPSA) is 104 Å². The Kier molecular flexibility index (Phi) is 4.94. The molecule has 4 rings (SSSR count). The summed E-state index contributed by atoms with van der Waals surface area (Å²) in [6.45, 7) is -0.0347. The predicted molar refractivity (Wildman–Crippen MR) is 109 cm³/mol. The van der Waals surface area contributed by atoms with Crippen LogP contribution in [0.3, 0.4) is 0 Å². The first-order valence-electron chi connectivity index (χ1n) is 9.54. The van der Waals surface area contributed by atoms with Gasteiger partial charge in [-0.3, -0.25) is 23.3 Å². The molecule has 0 fully saturated rings. The van der Waals surface area contributed by atoms with E-state index in [1.54, 1.807) is 30.3 Å². The number of hydrogen-bond acceptors (Lipinski definition) is 5. The van der Waals surface area contributed by atoms with Gasteiger partial charge in [-0.15, -0.1) is 0 Å². The first kappa shape index (κ1) is 21.4. The van der Waals surface area contributed by atoms with Gasteiger partial charge >= 0.3 is 11.9 Å². The van der Waals surface area contributed by atoms with Crippen molar-refractivity contribution in [1.82, 2.24) is 23.1 Å². The third-order valence-corrected chi connectivity index (χ3v) is 5.31. The van der Waals surface area contributed by atoms with Crippen molar-refractivity contribution >= 4 is 16.9 Å². The van der Waals surface area contributed by atoms with Crippen LogP contribution in [-0.4, -0.2) is 34.4 Å². The smallest absolute Gasteiger partial charge is 0.389 e. The molecule has 9 nitrogen and oxygen atoms in total. The molecule has 0 aliphatic rings. The molecule has 0 amide bonds. The van der Waals surface area contributed by atoms with E-state index >= 15 is 0 Å². The molecule has 4 aromatic rings. The maximum absolute atomic E-state index is 13.2. The molecule has 0 saturated heterocycles. The van der Waals surface area contributed by atoms with Crippen molar-refractivity contribution in [2.45, 2.75) is 25.6 Å². The van der Waals surface area contributed by atoms with E-state index < -0.39 is 47.3 Å². The van der Waals surface area contributed by atoms with Crippen LogP contribution in [0.15, 0.2) is 44.7 Å². The molecular weight excluding hydrogens is 431 g/mol. The van der Waals surface area contributed by atoms with Crippen molar-refractivity contribution in [3.63, 3.8) is 0 Å². The Morgan fingerprint density at radius 3 is 2.28 bits per heavy atom. The number of aromatic nitrogens is 5. The van der Waals surface area contributed by atoms with Crippen LogP contribution < -0.4 is 16.8 Å². The van der Waals surface area contributed by atoms with Gasteiger partial charge in [0.2, 0.25) is 11.7 Å². The van der Waals surface area contributed by atoms with Crippen LogP contribution in [0.4, 0.5) is 13.2 Å². The lowest BCUT2D eigenvalue weighted by atomic mass is 10.1. The van der Waals surface area contributed by atoms with Crippen LogP contribution in [0.25, 0.3) is 16.9 Å². The molecule has 0 spiro atoms. The summed E-state index contributed by atoms with van der Waals surface area (Å²) in [5.41, 5.74) is -2.72. The van der Waals surface area contributed by atoms with Crippen LogP contribution >= 0.6 is 0 Å². The molecule has 3 aromatic heterocycles. The van der Waals surface area contributed by atoms with Gasteiger partial charge < -0.3 is 5.11 Å². The summed E-state index contributed by atoms with van der Waals surface area (Å²) in [4.78, 5) is 42.5. The third-order valence-electron chi connectivity index (χ3n) is 5.31. The highest BCUT2D eigenvalue weighted by Crippen LogP contribution is 2.26. The van der Waals surface area contributed by atoms with Crippen molar-refractivity contribution in [2.24, 2.45) is 14.1 Å². The number of nitrogens with zero attached hydrogens (tertiary/aromatic N) is 5. The molecule has 12 heteroatoms. The molecule has 0 aliphatic heterocycles. The predicted octanol–water partition coefficient (Wildman–Crippen LogP) is 1.30. The van der Waals surface area contributed by atoms with Gasteiger partial charge in [-0.05, 0) is 12.0 Å². The molecule has 0 saturated carbocycles. The summed E-state index contributed by atoms with van der Waals surface area (Å²) >= 11 is 0. The summed E-state index contributed by atoms with van der Waals surface area (Å²) in [7, 11) is 2.57. The zero-order valence-corrected chi connectivity index (χ0v) is 17.0. The van der Waals surface area contributed by atoms with Gasteiger partial charge in [-0.1, -0.05) is 30.3 Å². The van der Waals surface area contributed by atoms with E-state index in [1.165, 1.54) is 14.1 Å². The van der Waals surface area contributed by atoms with Crippen molar-refractivity contribution in [3.8, 4) is 5.88 Å². The Balaban J connectivity index is 2.13. The molecule has 0 unspecified atom stereocenters. The second-order valence-electron chi connectivity index (χ2n) is 7.42. The molecule has 3 heterocycles. The summed E-state index contributed by atoms with van der Waals surface area (Å²) in [6.07, 6.45) is -6.68. The SMILES string of the molecule is Cn1c(=O)c2c(nc3n(Cc4ccccc4)c(O)c(CCC(F)(F)F)c(=O)n23)n(C)c1=O. The van der Waals surface area contributed by atoms with Crippen LogP contribution in [0.2, 0.25) is 0 Å². The van der Waals surface area contributed by atoms with Gasteiger partial charge in [0.15, 0.2) is 11.2 Å². The molecule has 0 radical (unpaired) electrons. The number of benzene rings is 1. The van der Waals surface area contributed by atoms with Gasteiger partial charge in [-0.2, -0.15) is 18.2 Å². The summed E-state index contributed by atoms with van der Waals surface area (Å²) in [5, 5.41) is 10.8. The lowest BCUT2D eigenvalue weighted by Gasteiger charge is -2.15. The van der Waals surface area contributed by atoms with E-state index in [0.29, 0.717) is 5.56 Å². The quantitative estimate of drug-likeness (QED) is 0.506. The molecule has 1 N–H and O–H groups in total. The normalized spacial score (nSPS) is 12.2. The van der Waals surface area contributed by atoms with E-state index in [1.807, 2.05) is 0 Å². The minimum atomic E-state index is -4.56. The highest BCUT2D eigenvalue weighted by Gasteiger charge is 2.30. The lowest BCUT2D eigenvalue weighted by Crippen LogP contribution is -2.38. The Hall–Kier alpha value is -3.83. The zero-order chi connectivity index (χ0) is 23.4. The molecule has 0 bridgehead atoms. The standard InChI is InChI=1S/C20H18F3N5O4/c1-25-14-13(17(31)26(2)19(25)32)28-16(30)12(8-9-20(21,22)23)15(29)27(18(28)24-14)10-11-6-4-3-5-7-11/h3-7,29H,8-10H2,1-2H3. The first-order chi connectivity index (χ1) is 15.0. The van der Waals surface area contributed by atoms with Gasteiger partial charge in [0.05, 0.1) is 12.1 Å². The number of aryl methyl sites for hydroxylation is 1. The van der Waals surface area contributed by atoms with Crippen LogP contribution in [0.1, 0.15) is 17.5 Å². The maximum atomic E-state index is 13.2. The van der Waals surface area contributed by atoms with E-state index in [0.717, 1.165) is 18.1 Å². The Morgan fingerprint density at radius 2 is 1.66 bits per heavy atom. The molecule has 1 aromatic carbocycles. The van der Waals surface area contributed by atoms with Crippen molar-refractivity contribution < 1.29 is 18.3 Å². The second kappa shape index (κ2) is 7.39. The summed E-state index contributed by atoms with van der Waals surface area (Å²) in [5.74, 6) is -0.840. The minimum absolute atomic E-state index is 0.0347. The highest BCUT2D eigenvalue weighted by atomic mass is 19.4. The van der Waals surface area contributed by atoms with Gasteiger partial charge in [-0.25, -0.2) is 9.20 Å². The monoisotopic (exact) mass is 449 g/mol. The second-order valence-corrected chi connectivity index (χ2v) is 7.42. The van der Waals surface area contributed by atoms with Gasteiger partial charge in [0.25, 0.3) is 11.1 Å². The van der Waals surface area contributed by atoms with Crippen molar-refractivity contribution in [1.29, 1.82) is 0 Å². The third kappa shape index (κ3) is 3.37. The maximum Gasteiger partial charge on any atom is 0.389 e. The lowest BCUT2D eigenvalue weighted by molar-refractivity contribution is -0.134. The van der Waals surface area contributed by atoms with Crippen LogP contribution in [0.5, 0.6) is 5.88 Å². The average molecular weight is 449 g/mol. The number of rotatable bonds is 4. The molecule has 168 valence electrons. The number of fused-ring (bicyclic) bond motifs is 3. The number of imidazole rings is 1. The van der Waals surface area contributed by atoms with Crippen molar-refractivity contribution in [3.05, 3.63) is 72.7 Å². The van der Waals surface area contributed by atoms with E-state index in [9.17, 15) is 32.7 Å². The first-order valence-corrected chi connectivity index (χ1v) is 9.54. The number of alkyl halides is 3. The fraction of sp³-hybridized carbons (Fsp3) is 0.300. The molecule has 0 aliphatic carbocycles. The fourth-order valence-corrected chi connectivity index (χ4v) is 3.64. The van der Waals surface area contributed by atoms with E-state index in [2.05, 4.69) is 4.98 Å². The van der Waals surface area contributed by atoms with Gasteiger partial charge in [0.1, 0.15) is 0 Å². The Bertz CT molecular complexity index is 1530. The van der Waals surface area contributed by atoms with Crippen molar-refractivity contribution in [2.75, 3.05) is 0 Å². The Morgan fingerprint density at radius 1 is 1.00 bits per heavy atom. The number of aromatic hydroxyl groups is 1. The van der Waals surface area contributed by atoms with Crippen LogP contribution in [0, 0.1) is 0 Å². The zero-order valence-electron chi connectivity index (χ0n) is 17.0. The summed E-state index contributed by atoms with van der Waals surface area (Å²) in [6, 6.07) is 8.68. The summed E-state index contributed by atoms with van der Waals surface area (Å²) < 4.78 is 42.5. The van der Waals surface area contributed by atoms with Gasteiger partial charge in [0, 0.05) is 20.5 Å². The number of hydrogen-bond donors (Lipinski definition) is 1. The average Bonchev–Trinajstić information content (AvgIpc) is 3.14. The van der Waals surface area contributed by atoms with Crippen LogP contribution in [-0.2, 0) is 27.1 Å².